The second kappa shape index (κ2) is 8.58. The van der Waals surface area contributed by atoms with Crippen molar-refractivity contribution in [3.05, 3.63) is 48.3 Å². The van der Waals surface area contributed by atoms with E-state index < -0.39 is 43.3 Å². The molecule has 14 heteroatoms. The minimum absolute atomic E-state index is 0.0843. The van der Waals surface area contributed by atoms with Crippen LogP contribution in [0.4, 0.5) is 10.2 Å². The first-order valence-electron chi connectivity index (χ1n) is 11.5. The van der Waals surface area contributed by atoms with Gasteiger partial charge in [0.15, 0.2) is 22.6 Å². The van der Waals surface area contributed by atoms with Gasteiger partial charge in [0, 0.05) is 6.42 Å². The monoisotopic (exact) mass is 528 g/mol. The Balaban J connectivity index is 1.18. The lowest BCUT2D eigenvalue weighted by molar-refractivity contribution is -0.148. The van der Waals surface area contributed by atoms with Crippen LogP contribution in [0, 0.1) is 18.4 Å². The van der Waals surface area contributed by atoms with Gasteiger partial charge in [-0.2, -0.15) is 14.4 Å². The van der Waals surface area contributed by atoms with E-state index in [0.717, 1.165) is 5.56 Å². The number of hydrogen-bond donors (Lipinski definition) is 2. The number of anilines is 1. The number of nitrogens with zero attached hydrogens (tertiary/aromatic N) is 4. The fraction of sp³-hybridized carbons (Fsp3) is 0.391. The maximum atomic E-state index is 13.8. The molecule has 2 saturated heterocycles. The largest absolute Gasteiger partial charge is 0.459 e. The summed E-state index contributed by atoms with van der Waals surface area (Å²) in [5.74, 6) is 1.88. The third kappa shape index (κ3) is 4.17. The number of aromatic nitrogens is 4. The second-order valence-electron chi connectivity index (χ2n) is 9.16. The lowest BCUT2D eigenvalue weighted by Gasteiger charge is -2.38. The Kier molecular flexibility index (Phi) is 5.56. The number of imidazole rings is 1. The number of esters is 1. The number of carbonyl (C=O) groups is 1. The molecule has 4 atom stereocenters. The highest BCUT2D eigenvalue weighted by Crippen LogP contribution is 2.59. The molecule has 0 radical (unpaired) electrons. The summed E-state index contributed by atoms with van der Waals surface area (Å²) in [5, 5.41) is 2.77. The summed E-state index contributed by atoms with van der Waals surface area (Å²) in [6.07, 6.45) is 5.43. The second-order valence-corrected chi connectivity index (χ2v) is 10.9. The van der Waals surface area contributed by atoms with Crippen molar-refractivity contribution in [3.8, 4) is 12.3 Å². The molecule has 2 aromatic heterocycles. The highest BCUT2D eigenvalue weighted by Gasteiger charge is 2.61. The predicted molar refractivity (Wildman–Crippen MR) is 126 cm³/mol. The molecule has 6 rings (SSSR count). The van der Waals surface area contributed by atoms with Crippen molar-refractivity contribution in [2.45, 2.75) is 49.3 Å². The first-order valence-corrected chi connectivity index (χ1v) is 13.0. The summed E-state index contributed by atoms with van der Waals surface area (Å²) in [6.45, 7) is -0.177. The van der Waals surface area contributed by atoms with Crippen LogP contribution in [-0.2, 0) is 34.5 Å². The van der Waals surface area contributed by atoms with Crippen molar-refractivity contribution < 1.29 is 32.3 Å². The number of fused-ring (bicyclic) bond motifs is 2. The van der Waals surface area contributed by atoms with Crippen LogP contribution in [0.25, 0.3) is 11.2 Å². The molecular weight excluding hydrogens is 506 g/mol. The van der Waals surface area contributed by atoms with E-state index in [2.05, 4.69) is 26.0 Å². The molecule has 1 unspecified atom stereocenters. The molecule has 0 bridgehead atoms. The first kappa shape index (κ1) is 24.0. The number of halogens is 1. The van der Waals surface area contributed by atoms with E-state index in [0.29, 0.717) is 12.8 Å². The summed E-state index contributed by atoms with van der Waals surface area (Å²) >= 11 is 0. The minimum Gasteiger partial charge on any atom is -0.459 e. The highest BCUT2D eigenvalue weighted by atomic mass is 31.2. The van der Waals surface area contributed by atoms with Gasteiger partial charge in [0.05, 0.1) is 6.33 Å². The molecule has 1 saturated carbocycles. The van der Waals surface area contributed by atoms with Gasteiger partial charge in [-0.05, 0) is 18.4 Å². The number of rotatable bonds is 6. The van der Waals surface area contributed by atoms with Gasteiger partial charge in [-0.25, -0.2) is 14.6 Å². The Morgan fingerprint density at radius 1 is 1.35 bits per heavy atom. The number of ether oxygens (including phenoxy) is 2. The Morgan fingerprint density at radius 3 is 2.86 bits per heavy atom. The van der Waals surface area contributed by atoms with Gasteiger partial charge >= 0.3 is 19.8 Å². The quantitative estimate of drug-likeness (QED) is 0.210. The van der Waals surface area contributed by atoms with Crippen LogP contribution in [0.2, 0.25) is 0 Å². The summed E-state index contributed by atoms with van der Waals surface area (Å²) in [6, 6.07) is 9.22. The number of nitrogen functional groups attached to an aromatic ring is 1. The molecule has 3 fully saturated rings. The zero-order valence-electron chi connectivity index (χ0n) is 19.4. The lowest BCUT2D eigenvalue weighted by Crippen LogP contribution is -2.50. The number of nitrogens with two attached hydrogens (primary N) is 1. The van der Waals surface area contributed by atoms with Gasteiger partial charge in [0.25, 0.3) is 0 Å². The van der Waals surface area contributed by atoms with Gasteiger partial charge in [-0.1, -0.05) is 36.3 Å². The normalized spacial score (nSPS) is 29.9. The van der Waals surface area contributed by atoms with E-state index >= 15 is 0 Å². The fourth-order valence-electron chi connectivity index (χ4n) is 4.50. The maximum Gasteiger partial charge on any atom is 0.407 e. The van der Waals surface area contributed by atoms with E-state index in [1.807, 2.05) is 30.3 Å². The molecule has 12 nitrogen and oxygen atoms in total. The topological polar surface area (TPSA) is 153 Å². The van der Waals surface area contributed by atoms with Crippen LogP contribution in [0.5, 0.6) is 0 Å². The van der Waals surface area contributed by atoms with Crippen LogP contribution in [0.1, 0.15) is 31.1 Å². The Bertz CT molecular complexity index is 1470. The van der Waals surface area contributed by atoms with E-state index in [9.17, 15) is 13.8 Å². The van der Waals surface area contributed by atoms with Crippen molar-refractivity contribution >= 4 is 30.7 Å². The predicted octanol–water partition coefficient (Wildman–Crippen LogP) is 2.23. The third-order valence-electron chi connectivity index (χ3n) is 6.68. The van der Waals surface area contributed by atoms with Crippen LogP contribution >= 0.6 is 7.75 Å². The van der Waals surface area contributed by atoms with Crippen LogP contribution in [0.15, 0.2) is 36.7 Å². The van der Waals surface area contributed by atoms with E-state index in [1.54, 1.807) is 0 Å². The SMILES string of the molecule is C#C[C@@]12COP(=O)(NC3(C(=O)OCc4ccccc4)CC3)O[C@H]1C[C@H](n1cnc3c(N)nc(F)nc31)O2. The fourth-order valence-corrected chi connectivity index (χ4v) is 6.47. The van der Waals surface area contributed by atoms with Crippen LogP contribution < -0.4 is 10.8 Å². The lowest BCUT2D eigenvalue weighted by atomic mass is 9.99. The Morgan fingerprint density at radius 2 is 2.14 bits per heavy atom. The average Bonchev–Trinajstić information content (AvgIpc) is 3.37. The van der Waals surface area contributed by atoms with Crippen molar-refractivity contribution in [1.29, 1.82) is 0 Å². The molecule has 37 heavy (non-hydrogen) atoms. The zero-order chi connectivity index (χ0) is 25.8. The molecule has 0 amide bonds. The average molecular weight is 528 g/mol. The number of carbonyl (C=O) groups excluding carboxylic acids is 1. The number of hydrogen-bond acceptors (Lipinski definition) is 10. The van der Waals surface area contributed by atoms with E-state index in [1.165, 1.54) is 10.9 Å². The number of terminal acetylenes is 1. The van der Waals surface area contributed by atoms with Gasteiger partial charge in [-0.15, -0.1) is 6.42 Å². The highest BCUT2D eigenvalue weighted by molar-refractivity contribution is 7.51. The van der Waals surface area contributed by atoms with Crippen molar-refractivity contribution in [2.24, 2.45) is 0 Å². The zero-order valence-corrected chi connectivity index (χ0v) is 20.3. The van der Waals surface area contributed by atoms with Crippen molar-refractivity contribution in [3.63, 3.8) is 0 Å². The molecule has 1 aromatic carbocycles. The van der Waals surface area contributed by atoms with Gasteiger partial charge in [0.2, 0.25) is 0 Å². The first-order chi connectivity index (χ1) is 17.7. The van der Waals surface area contributed by atoms with Crippen LogP contribution in [0.3, 0.4) is 0 Å². The van der Waals surface area contributed by atoms with Crippen molar-refractivity contribution in [1.82, 2.24) is 24.6 Å². The molecule has 3 aliphatic rings. The molecular formula is C23H22FN6O6P. The van der Waals surface area contributed by atoms with Gasteiger partial charge in [-0.3, -0.25) is 18.4 Å². The summed E-state index contributed by atoms with van der Waals surface area (Å²) in [5.41, 5.74) is 4.34. The van der Waals surface area contributed by atoms with E-state index in [-0.39, 0.29) is 36.6 Å². The van der Waals surface area contributed by atoms with Crippen LogP contribution in [-0.4, -0.2) is 49.3 Å². The maximum absolute atomic E-state index is 13.8. The molecule has 2 aliphatic heterocycles. The summed E-state index contributed by atoms with van der Waals surface area (Å²) < 4.78 is 51.8. The third-order valence-corrected chi connectivity index (χ3v) is 8.38. The number of nitrogens with one attached hydrogen (secondary N) is 1. The summed E-state index contributed by atoms with van der Waals surface area (Å²) in [7, 11) is -3.97. The number of benzene rings is 1. The Labute approximate surface area is 210 Å². The smallest absolute Gasteiger partial charge is 0.407 e. The van der Waals surface area contributed by atoms with Crippen molar-refractivity contribution in [2.75, 3.05) is 12.3 Å². The molecule has 0 spiro atoms. The molecule has 4 heterocycles. The minimum atomic E-state index is -3.97. The molecule has 192 valence electrons. The van der Waals surface area contributed by atoms with E-state index in [4.69, 9.17) is 30.7 Å². The Hall–Kier alpha value is -3.40. The standard InChI is InChI=1S/C23H22FN6O6P/c1-2-23-12-34-37(32,29-22(8-9-22)20(31)33-11-14-6-4-3-5-7-14)36-15(23)10-16(35-23)30-13-26-17-18(25)27-21(24)28-19(17)30/h1,3-7,13,15-16H,8-12H2,(H,29,32)(H2,25,27,28)/t15-,16+,23+,37?/m0/s1. The van der Waals surface area contributed by atoms with Gasteiger partial charge < -0.3 is 15.2 Å². The van der Waals surface area contributed by atoms with Gasteiger partial charge in [0.1, 0.15) is 31.1 Å². The molecule has 3 N–H and O–H groups in total. The molecule has 1 aliphatic carbocycles. The molecule has 3 aromatic rings. The summed E-state index contributed by atoms with van der Waals surface area (Å²) in [4.78, 5) is 24.2.